The smallest absolute Gasteiger partial charge is 0.0464 e. The molecule has 0 aliphatic rings. The maximum Gasteiger partial charge on any atom is 0.0464 e. The first-order valence-corrected chi connectivity index (χ1v) is 8.20. The zero-order chi connectivity index (χ0) is 16.2. The first-order chi connectivity index (χ1) is 11.2. The Hall–Kier alpha value is -2.54. The third-order valence-electron chi connectivity index (χ3n) is 4.12. The van der Waals surface area contributed by atoms with Crippen molar-refractivity contribution in [2.24, 2.45) is 0 Å². The second-order valence-electron chi connectivity index (χ2n) is 6.03. The molecule has 3 rings (SSSR count). The van der Waals surface area contributed by atoms with Gasteiger partial charge >= 0.3 is 0 Å². The number of hydrogen-bond donors (Lipinski definition) is 0. The fraction of sp³-hybridized carbons (Fsp3) is 0.182. The summed E-state index contributed by atoms with van der Waals surface area (Å²) < 4.78 is 0. The minimum atomic E-state index is 1.06. The van der Waals surface area contributed by atoms with Crippen molar-refractivity contribution in [3.05, 3.63) is 89.5 Å². The lowest BCUT2D eigenvalue weighted by molar-refractivity contribution is 1.14. The average molecular weight is 301 g/mol. The van der Waals surface area contributed by atoms with Gasteiger partial charge in [0, 0.05) is 17.1 Å². The maximum atomic E-state index is 2.32. The van der Waals surface area contributed by atoms with E-state index in [1.165, 1.54) is 33.8 Å². The Morgan fingerprint density at radius 1 is 0.652 bits per heavy atom. The largest absolute Gasteiger partial charge is 0.310 e. The van der Waals surface area contributed by atoms with E-state index in [-0.39, 0.29) is 0 Å². The Balaban J connectivity index is 2.12. The van der Waals surface area contributed by atoms with Crippen LogP contribution in [0.1, 0.15) is 23.6 Å². The summed E-state index contributed by atoms with van der Waals surface area (Å²) in [6.07, 6.45) is 1.06. The minimum absolute atomic E-state index is 1.06. The topological polar surface area (TPSA) is 3.24 Å². The fourth-order valence-corrected chi connectivity index (χ4v) is 2.86. The van der Waals surface area contributed by atoms with Gasteiger partial charge in [0.05, 0.1) is 0 Å². The summed E-state index contributed by atoms with van der Waals surface area (Å²) in [4.78, 5) is 2.32. The maximum absolute atomic E-state index is 2.32. The molecule has 116 valence electrons. The molecule has 0 aromatic heterocycles. The van der Waals surface area contributed by atoms with Crippen LogP contribution in [-0.2, 0) is 6.42 Å². The van der Waals surface area contributed by atoms with Gasteiger partial charge in [0.1, 0.15) is 0 Å². The molecule has 0 bridgehead atoms. The van der Waals surface area contributed by atoms with Crippen LogP contribution in [-0.4, -0.2) is 0 Å². The molecule has 0 saturated carbocycles. The average Bonchev–Trinajstić information content (AvgIpc) is 2.56. The van der Waals surface area contributed by atoms with Crippen LogP contribution in [0.4, 0.5) is 17.1 Å². The lowest BCUT2D eigenvalue weighted by Gasteiger charge is -2.26. The lowest BCUT2D eigenvalue weighted by Crippen LogP contribution is -2.10. The molecule has 0 aliphatic heterocycles. The highest BCUT2D eigenvalue weighted by Crippen LogP contribution is 2.35. The number of aryl methyl sites for hydroxylation is 3. The van der Waals surface area contributed by atoms with Gasteiger partial charge in [-0.25, -0.2) is 0 Å². The Kier molecular flexibility index (Phi) is 4.47. The molecular weight excluding hydrogens is 278 g/mol. The normalized spacial score (nSPS) is 10.6. The lowest BCUT2D eigenvalue weighted by atomic mass is 10.1. The fourth-order valence-electron chi connectivity index (χ4n) is 2.86. The molecular formula is C22H23N. The molecule has 0 N–H and O–H groups in total. The van der Waals surface area contributed by atoms with E-state index < -0.39 is 0 Å². The van der Waals surface area contributed by atoms with Crippen LogP contribution in [0.2, 0.25) is 0 Å². The minimum Gasteiger partial charge on any atom is -0.310 e. The summed E-state index contributed by atoms with van der Waals surface area (Å²) in [7, 11) is 0. The van der Waals surface area contributed by atoms with E-state index >= 15 is 0 Å². The summed E-state index contributed by atoms with van der Waals surface area (Å²) >= 11 is 0. The van der Waals surface area contributed by atoms with Gasteiger partial charge in [-0.2, -0.15) is 0 Å². The van der Waals surface area contributed by atoms with E-state index in [1.807, 2.05) is 0 Å². The van der Waals surface area contributed by atoms with Crippen LogP contribution < -0.4 is 4.90 Å². The van der Waals surface area contributed by atoms with E-state index in [0.717, 1.165) is 6.42 Å². The molecule has 0 aliphatic carbocycles. The van der Waals surface area contributed by atoms with Gasteiger partial charge in [-0.15, -0.1) is 0 Å². The van der Waals surface area contributed by atoms with Crippen molar-refractivity contribution >= 4 is 17.1 Å². The summed E-state index contributed by atoms with van der Waals surface area (Å²) in [5.74, 6) is 0. The van der Waals surface area contributed by atoms with E-state index in [2.05, 4.69) is 98.5 Å². The quantitative estimate of drug-likeness (QED) is 0.544. The van der Waals surface area contributed by atoms with Gasteiger partial charge < -0.3 is 4.90 Å². The highest BCUT2D eigenvalue weighted by atomic mass is 15.1. The number of nitrogens with zero attached hydrogens (tertiary/aromatic N) is 1. The van der Waals surface area contributed by atoms with Crippen molar-refractivity contribution in [1.29, 1.82) is 0 Å². The van der Waals surface area contributed by atoms with Crippen LogP contribution in [0.15, 0.2) is 72.8 Å². The first-order valence-electron chi connectivity index (χ1n) is 8.20. The van der Waals surface area contributed by atoms with Crippen LogP contribution in [0.25, 0.3) is 0 Å². The Labute approximate surface area is 139 Å². The molecule has 0 amide bonds. The molecule has 1 heteroatoms. The van der Waals surface area contributed by atoms with Gasteiger partial charge in [-0.05, 0) is 73.4 Å². The van der Waals surface area contributed by atoms with Gasteiger partial charge in [0.15, 0.2) is 0 Å². The molecule has 0 atom stereocenters. The van der Waals surface area contributed by atoms with Crippen molar-refractivity contribution in [3.63, 3.8) is 0 Å². The third-order valence-corrected chi connectivity index (χ3v) is 4.12. The molecule has 23 heavy (non-hydrogen) atoms. The van der Waals surface area contributed by atoms with Gasteiger partial charge in [0.2, 0.25) is 0 Å². The summed E-state index contributed by atoms with van der Waals surface area (Å²) in [5, 5.41) is 0. The molecule has 0 spiro atoms. The Morgan fingerprint density at radius 2 is 1.17 bits per heavy atom. The van der Waals surface area contributed by atoms with E-state index in [0.29, 0.717) is 0 Å². The highest BCUT2D eigenvalue weighted by Gasteiger charge is 2.12. The van der Waals surface area contributed by atoms with E-state index in [4.69, 9.17) is 0 Å². The van der Waals surface area contributed by atoms with Gasteiger partial charge in [-0.3, -0.25) is 0 Å². The van der Waals surface area contributed by atoms with Crippen molar-refractivity contribution in [3.8, 4) is 0 Å². The number of benzene rings is 3. The number of anilines is 3. The Bertz CT molecular complexity index is 742. The predicted octanol–water partition coefficient (Wildman–Crippen LogP) is 6.34. The van der Waals surface area contributed by atoms with E-state index in [9.17, 15) is 0 Å². The Morgan fingerprint density at radius 3 is 1.61 bits per heavy atom. The van der Waals surface area contributed by atoms with Crippen LogP contribution in [0.5, 0.6) is 0 Å². The monoisotopic (exact) mass is 301 g/mol. The van der Waals surface area contributed by atoms with Crippen LogP contribution >= 0.6 is 0 Å². The predicted molar refractivity (Wildman–Crippen MR) is 100.0 cm³/mol. The highest BCUT2D eigenvalue weighted by molar-refractivity contribution is 5.77. The van der Waals surface area contributed by atoms with Crippen molar-refractivity contribution in [2.45, 2.75) is 27.2 Å². The molecule has 0 fully saturated rings. The third kappa shape index (κ3) is 3.45. The second-order valence-corrected chi connectivity index (χ2v) is 6.03. The number of rotatable bonds is 4. The molecule has 3 aromatic rings. The van der Waals surface area contributed by atoms with Gasteiger partial charge in [-0.1, -0.05) is 43.3 Å². The standard InChI is InChI=1S/C22H23N/c1-4-19-11-13-20(14-12-19)23(21-9-5-7-17(2)15-21)22-10-6-8-18(3)16-22/h5-16H,4H2,1-3H3. The summed E-state index contributed by atoms with van der Waals surface area (Å²) in [6, 6.07) is 26.2. The summed E-state index contributed by atoms with van der Waals surface area (Å²) in [6.45, 7) is 6.46. The molecule has 1 nitrogen and oxygen atoms in total. The van der Waals surface area contributed by atoms with Crippen LogP contribution in [0, 0.1) is 13.8 Å². The molecule has 3 aromatic carbocycles. The first kappa shape index (κ1) is 15.4. The van der Waals surface area contributed by atoms with Gasteiger partial charge in [0.25, 0.3) is 0 Å². The van der Waals surface area contributed by atoms with Crippen molar-refractivity contribution in [1.82, 2.24) is 0 Å². The van der Waals surface area contributed by atoms with Crippen molar-refractivity contribution < 1.29 is 0 Å². The molecule has 0 saturated heterocycles. The van der Waals surface area contributed by atoms with Crippen LogP contribution in [0.3, 0.4) is 0 Å². The zero-order valence-electron chi connectivity index (χ0n) is 14.1. The molecule has 0 unspecified atom stereocenters. The van der Waals surface area contributed by atoms with Crippen molar-refractivity contribution in [2.75, 3.05) is 4.90 Å². The van der Waals surface area contributed by atoms with E-state index in [1.54, 1.807) is 0 Å². The molecule has 0 heterocycles. The SMILES string of the molecule is CCc1ccc(N(c2cccc(C)c2)c2cccc(C)c2)cc1. The number of hydrogen-bond acceptors (Lipinski definition) is 1. The summed E-state index contributed by atoms with van der Waals surface area (Å²) in [5.41, 5.74) is 7.48. The molecule has 0 radical (unpaired) electrons. The second kappa shape index (κ2) is 6.70. The zero-order valence-corrected chi connectivity index (χ0v) is 14.1.